The average Bonchev–Trinajstić information content (AvgIpc) is 3.46. The first-order valence-electron chi connectivity index (χ1n) is 9.11. The smallest absolute Gasteiger partial charge is 0.342 e. The van der Waals surface area contributed by atoms with Crippen LogP contribution in [0, 0.1) is 6.92 Å². The Bertz CT molecular complexity index is 969. The highest BCUT2D eigenvalue weighted by Crippen LogP contribution is 2.34. The average molecular weight is 396 g/mol. The molecule has 8 heteroatoms. The van der Waals surface area contributed by atoms with Gasteiger partial charge in [-0.2, -0.15) is 5.10 Å². The minimum Gasteiger partial charge on any atom is -0.452 e. The van der Waals surface area contributed by atoms with Crippen LogP contribution in [0.1, 0.15) is 39.8 Å². The van der Waals surface area contributed by atoms with Crippen molar-refractivity contribution in [2.75, 3.05) is 13.2 Å². The summed E-state index contributed by atoms with van der Waals surface area (Å²) in [4.78, 5) is 32.3. The third-order valence-corrected chi connectivity index (χ3v) is 5.84. The number of ether oxygens (including phenoxy) is 1. The van der Waals surface area contributed by atoms with Crippen LogP contribution in [0.3, 0.4) is 0 Å². The number of thiophene rings is 1. The highest BCUT2D eigenvalue weighted by molar-refractivity contribution is 7.10. The van der Waals surface area contributed by atoms with E-state index < -0.39 is 5.97 Å². The zero-order valence-corrected chi connectivity index (χ0v) is 16.3. The van der Waals surface area contributed by atoms with Crippen molar-refractivity contribution in [1.82, 2.24) is 19.7 Å². The molecule has 1 unspecified atom stereocenters. The second-order valence-electron chi connectivity index (χ2n) is 6.58. The molecule has 1 aliphatic rings. The van der Waals surface area contributed by atoms with Gasteiger partial charge in [0.25, 0.3) is 5.91 Å². The summed E-state index contributed by atoms with van der Waals surface area (Å²) in [6.45, 7) is 2.19. The van der Waals surface area contributed by atoms with E-state index in [9.17, 15) is 9.59 Å². The van der Waals surface area contributed by atoms with Gasteiger partial charge in [0.15, 0.2) is 12.4 Å². The molecule has 1 amide bonds. The Kier molecular flexibility index (Phi) is 5.21. The normalized spacial score (nSPS) is 16.3. The van der Waals surface area contributed by atoms with Gasteiger partial charge in [-0.05, 0) is 43.3 Å². The van der Waals surface area contributed by atoms with Crippen LogP contribution in [0.25, 0.3) is 5.82 Å². The molecule has 0 aromatic carbocycles. The molecule has 0 bridgehead atoms. The predicted octanol–water partition coefficient (Wildman–Crippen LogP) is 3.16. The fourth-order valence-corrected chi connectivity index (χ4v) is 4.32. The quantitative estimate of drug-likeness (QED) is 0.619. The van der Waals surface area contributed by atoms with Gasteiger partial charge < -0.3 is 9.64 Å². The maximum absolute atomic E-state index is 12.6. The molecule has 7 nitrogen and oxygen atoms in total. The molecule has 1 saturated heterocycles. The van der Waals surface area contributed by atoms with Crippen LogP contribution in [0.15, 0.2) is 48.1 Å². The van der Waals surface area contributed by atoms with Crippen LogP contribution in [-0.4, -0.2) is 44.7 Å². The molecule has 1 fully saturated rings. The second kappa shape index (κ2) is 7.93. The van der Waals surface area contributed by atoms with Crippen LogP contribution < -0.4 is 0 Å². The number of hydrogen-bond acceptors (Lipinski definition) is 6. The van der Waals surface area contributed by atoms with Crippen molar-refractivity contribution in [2.45, 2.75) is 25.8 Å². The number of hydrogen-bond donors (Lipinski definition) is 0. The van der Waals surface area contributed by atoms with Crippen molar-refractivity contribution < 1.29 is 14.3 Å². The van der Waals surface area contributed by atoms with E-state index >= 15 is 0 Å². The Labute approximate surface area is 166 Å². The third kappa shape index (κ3) is 3.55. The molecule has 0 N–H and O–H groups in total. The van der Waals surface area contributed by atoms with Crippen LogP contribution in [0.2, 0.25) is 0 Å². The van der Waals surface area contributed by atoms with Gasteiger partial charge in [-0.15, -0.1) is 11.3 Å². The number of esters is 1. The highest BCUT2D eigenvalue weighted by atomic mass is 32.1. The van der Waals surface area contributed by atoms with E-state index in [1.807, 2.05) is 34.5 Å². The molecule has 1 atom stereocenters. The minimum absolute atomic E-state index is 0.0832. The van der Waals surface area contributed by atoms with E-state index in [0.29, 0.717) is 23.6 Å². The standard InChI is InChI=1S/C20H20N4O3S/c1-14-15(12-22-24(14)18-8-2-3-9-21-18)20(26)27-13-19(25)23-10-4-6-16(23)17-7-5-11-28-17/h2-3,5,7-9,11-12,16H,4,6,10,13H2,1H3. The summed E-state index contributed by atoms with van der Waals surface area (Å²) in [6, 6.07) is 9.58. The van der Waals surface area contributed by atoms with Crippen molar-refractivity contribution in [3.63, 3.8) is 0 Å². The Balaban J connectivity index is 1.41. The molecule has 3 aromatic heterocycles. The number of likely N-dealkylation sites (tertiary alicyclic amines) is 1. The molecule has 0 saturated carbocycles. The number of rotatable bonds is 5. The molecule has 4 rings (SSSR count). The van der Waals surface area contributed by atoms with E-state index in [2.05, 4.69) is 10.1 Å². The van der Waals surface area contributed by atoms with E-state index in [1.165, 1.54) is 11.1 Å². The third-order valence-electron chi connectivity index (χ3n) is 4.87. The monoisotopic (exact) mass is 396 g/mol. The number of amides is 1. The van der Waals surface area contributed by atoms with Gasteiger partial charge in [0.2, 0.25) is 0 Å². The van der Waals surface area contributed by atoms with Gasteiger partial charge >= 0.3 is 5.97 Å². The lowest BCUT2D eigenvalue weighted by Gasteiger charge is -2.23. The maximum Gasteiger partial charge on any atom is 0.342 e. The van der Waals surface area contributed by atoms with Crippen molar-refractivity contribution in [3.8, 4) is 5.82 Å². The first-order valence-corrected chi connectivity index (χ1v) is 9.99. The summed E-state index contributed by atoms with van der Waals surface area (Å²) in [5.74, 6) is -0.107. The van der Waals surface area contributed by atoms with E-state index in [-0.39, 0.29) is 18.6 Å². The summed E-state index contributed by atoms with van der Waals surface area (Å²) in [7, 11) is 0. The minimum atomic E-state index is -0.556. The van der Waals surface area contributed by atoms with E-state index in [4.69, 9.17) is 4.74 Å². The predicted molar refractivity (Wildman–Crippen MR) is 104 cm³/mol. The van der Waals surface area contributed by atoms with E-state index in [1.54, 1.807) is 35.2 Å². The lowest BCUT2D eigenvalue weighted by Crippen LogP contribution is -2.34. The molecule has 1 aliphatic heterocycles. The van der Waals surface area contributed by atoms with Gasteiger partial charge in [0, 0.05) is 17.6 Å². The number of aromatic nitrogens is 3. The van der Waals surface area contributed by atoms with Crippen molar-refractivity contribution >= 4 is 23.2 Å². The fraction of sp³-hybridized carbons (Fsp3) is 0.300. The second-order valence-corrected chi connectivity index (χ2v) is 7.56. The van der Waals surface area contributed by atoms with Crippen LogP contribution >= 0.6 is 11.3 Å². The number of carbonyl (C=O) groups excluding carboxylic acids is 2. The lowest BCUT2D eigenvalue weighted by atomic mass is 10.2. The van der Waals surface area contributed by atoms with Crippen LogP contribution in [0.4, 0.5) is 0 Å². The fourth-order valence-electron chi connectivity index (χ4n) is 3.45. The van der Waals surface area contributed by atoms with Gasteiger partial charge in [-0.3, -0.25) is 4.79 Å². The number of nitrogens with zero attached hydrogens (tertiary/aromatic N) is 4. The Morgan fingerprint density at radius 2 is 2.18 bits per heavy atom. The molecule has 0 radical (unpaired) electrons. The summed E-state index contributed by atoms with van der Waals surface area (Å²) in [5, 5.41) is 6.23. The van der Waals surface area contributed by atoms with Gasteiger partial charge in [-0.25, -0.2) is 14.5 Å². The largest absolute Gasteiger partial charge is 0.452 e. The lowest BCUT2D eigenvalue weighted by molar-refractivity contribution is -0.135. The SMILES string of the molecule is Cc1c(C(=O)OCC(=O)N2CCCC2c2cccs2)cnn1-c1ccccn1. The molecule has 0 spiro atoms. The molecule has 0 aliphatic carbocycles. The van der Waals surface area contributed by atoms with Crippen LogP contribution in [0.5, 0.6) is 0 Å². The Morgan fingerprint density at radius 1 is 1.29 bits per heavy atom. The maximum atomic E-state index is 12.6. The molecule has 144 valence electrons. The Morgan fingerprint density at radius 3 is 2.93 bits per heavy atom. The first kappa shape index (κ1) is 18.4. The number of pyridine rings is 1. The van der Waals surface area contributed by atoms with Crippen molar-refractivity contribution in [1.29, 1.82) is 0 Å². The molecular formula is C20H20N4O3S. The van der Waals surface area contributed by atoms with E-state index in [0.717, 1.165) is 12.8 Å². The zero-order chi connectivity index (χ0) is 19.5. The zero-order valence-electron chi connectivity index (χ0n) is 15.4. The first-order chi connectivity index (χ1) is 13.6. The molecular weight excluding hydrogens is 376 g/mol. The summed E-state index contributed by atoms with van der Waals surface area (Å²) >= 11 is 1.65. The highest BCUT2D eigenvalue weighted by Gasteiger charge is 2.31. The summed E-state index contributed by atoms with van der Waals surface area (Å²) < 4.78 is 6.87. The van der Waals surface area contributed by atoms with Gasteiger partial charge in [0.05, 0.1) is 17.9 Å². The van der Waals surface area contributed by atoms with Crippen molar-refractivity contribution in [2.24, 2.45) is 0 Å². The van der Waals surface area contributed by atoms with Gasteiger partial charge in [-0.1, -0.05) is 12.1 Å². The summed E-state index contributed by atoms with van der Waals surface area (Å²) in [5.41, 5.74) is 0.948. The van der Waals surface area contributed by atoms with Crippen molar-refractivity contribution in [3.05, 3.63) is 64.2 Å². The van der Waals surface area contributed by atoms with Crippen LogP contribution in [-0.2, 0) is 9.53 Å². The molecule has 3 aromatic rings. The Hall–Kier alpha value is -3.00. The molecule has 28 heavy (non-hydrogen) atoms. The van der Waals surface area contributed by atoms with Gasteiger partial charge in [0.1, 0.15) is 5.56 Å². The summed E-state index contributed by atoms with van der Waals surface area (Å²) in [6.07, 6.45) is 5.00. The topological polar surface area (TPSA) is 77.3 Å². The molecule has 4 heterocycles. The number of carbonyl (C=O) groups is 2.